The fourth-order valence-corrected chi connectivity index (χ4v) is 1.80. The van der Waals surface area contributed by atoms with Crippen molar-refractivity contribution in [3.05, 3.63) is 39.9 Å². The highest BCUT2D eigenvalue weighted by Crippen LogP contribution is 2.21. The molecule has 0 spiro atoms. The minimum atomic E-state index is -0.324. The third-order valence-corrected chi connectivity index (χ3v) is 2.38. The van der Waals surface area contributed by atoms with Crippen LogP contribution in [0.2, 0.25) is 5.02 Å². The maximum atomic E-state index is 10.6. The first-order chi connectivity index (χ1) is 7.00. The first-order valence-corrected chi connectivity index (χ1v) is 5.10. The Labute approximate surface area is 94.7 Å². The quantitative estimate of drug-likeness (QED) is 0.842. The van der Waals surface area contributed by atoms with Crippen molar-refractivity contribution in [2.45, 2.75) is 20.3 Å². The van der Waals surface area contributed by atoms with Gasteiger partial charge < -0.3 is 5.73 Å². The molecule has 1 rings (SSSR count). The van der Waals surface area contributed by atoms with Crippen molar-refractivity contribution in [1.82, 2.24) is 0 Å². The molecule has 0 aliphatic heterocycles. The molecule has 0 saturated carbocycles. The van der Waals surface area contributed by atoms with Crippen LogP contribution >= 0.6 is 11.6 Å². The topological polar surface area (TPSA) is 43.1 Å². The fraction of sp³-hybridized carbons (Fsp3) is 0.250. The number of hydrogen-bond acceptors (Lipinski definition) is 1. The molecule has 0 aromatic heterocycles. The number of amides is 1. The monoisotopic (exact) mass is 223 g/mol. The van der Waals surface area contributed by atoms with Crippen molar-refractivity contribution >= 4 is 23.6 Å². The van der Waals surface area contributed by atoms with E-state index in [0.717, 1.165) is 21.7 Å². The molecule has 0 fully saturated rings. The second-order valence-electron chi connectivity index (χ2n) is 3.53. The smallest absolute Gasteiger partial charge is 0.221 e. The third kappa shape index (κ3) is 3.40. The predicted molar refractivity (Wildman–Crippen MR) is 63.8 cm³/mol. The molecule has 0 heterocycles. The van der Waals surface area contributed by atoms with Gasteiger partial charge in [0, 0.05) is 11.4 Å². The van der Waals surface area contributed by atoms with Crippen molar-refractivity contribution in [1.29, 1.82) is 0 Å². The van der Waals surface area contributed by atoms with Gasteiger partial charge in [-0.05, 0) is 42.7 Å². The normalized spacial score (nSPS) is 10.9. The first kappa shape index (κ1) is 11.8. The zero-order valence-corrected chi connectivity index (χ0v) is 9.64. The van der Waals surface area contributed by atoms with Crippen LogP contribution in [0, 0.1) is 13.8 Å². The minimum Gasteiger partial charge on any atom is -0.369 e. The number of primary amides is 1. The summed E-state index contributed by atoms with van der Waals surface area (Å²) in [6.07, 6.45) is 3.94. The van der Waals surface area contributed by atoms with Gasteiger partial charge >= 0.3 is 0 Å². The van der Waals surface area contributed by atoms with E-state index >= 15 is 0 Å². The van der Waals surface area contributed by atoms with E-state index in [1.807, 2.05) is 32.1 Å². The minimum absolute atomic E-state index is 0.265. The van der Waals surface area contributed by atoms with Gasteiger partial charge in [-0.2, -0.15) is 0 Å². The second-order valence-corrected chi connectivity index (χ2v) is 3.96. The summed E-state index contributed by atoms with van der Waals surface area (Å²) in [5, 5.41) is 0.733. The Hall–Kier alpha value is -1.28. The zero-order chi connectivity index (χ0) is 11.4. The van der Waals surface area contributed by atoms with E-state index in [2.05, 4.69) is 0 Å². The maximum absolute atomic E-state index is 10.6. The first-order valence-electron chi connectivity index (χ1n) is 4.72. The molecule has 0 aliphatic rings. The van der Waals surface area contributed by atoms with Gasteiger partial charge in [-0.3, -0.25) is 4.79 Å². The lowest BCUT2D eigenvalue weighted by Gasteiger charge is -2.05. The van der Waals surface area contributed by atoms with Gasteiger partial charge in [0.25, 0.3) is 0 Å². The van der Waals surface area contributed by atoms with Gasteiger partial charge in [0.15, 0.2) is 0 Å². The summed E-state index contributed by atoms with van der Waals surface area (Å²) in [7, 11) is 0. The van der Waals surface area contributed by atoms with Crippen LogP contribution in [-0.2, 0) is 4.79 Å². The molecule has 2 N–H and O–H groups in total. The molecule has 0 radical (unpaired) electrons. The number of carbonyl (C=O) groups excluding carboxylic acids is 1. The molecule has 1 aromatic carbocycles. The van der Waals surface area contributed by atoms with E-state index in [1.54, 1.807) is 6.08 Å². The second kappa shape index (κ2) is 4.99. The molecule has 0 aliphatic carbocycles. The SMILES string of the molecule is Cc1cc(Cl)cc(C)c1C=CCC(N)=O. The van der Waals surface area contributed by atoms with Crippen molar-refractivity contribution in [2.75, 3.05) is 0 Å². The summed E-state index contributed by atoms with van der Waals surface area (Å²) in [4.78, 5) is 10.6. The summed E-state index contributed by atoms with van der Waals surface area (Å²) in [5.74, 6) is -0.324. The third-order valence-electron chi connectivity index (χ3n) is 2.16. The molecule has 0 atom stereocenters. The lowest BCUT2D eigenvalue weighted by atomic mass is 10.0. The highest BCUT2D eigenvalue weighted by Gasteiger charge is 2.00. The maximum Gasteiger partial charge on any atom is 0.221 e. The number of aryl methyl sites for hydroxylation is 2. The number of halogens is 1. The van der Waals surface area contributed by atoms with Crippen LogP contribution in [0.15, 0.2) is 18.2 Å². The van der Waals surface area contributed by atoms with Crippen LogP contribution in [0.1, 0.15) is 23.1 Å². The van der Waals surface area contributed by atoms with Crippen LogP contribution in [0.4, 0.5) is 0 Å². The molecular weight excluding hydrogens is 210 g/mol. The Balaban J connectivity index is 2.94. The summed E-state index contributed by atoms with van der Waals surface area (Å²) in [6.45, 7) is 3.98. The van der Waals surface area contributed by atoms with Gasteiger partial charge in [-0.25, -0.2) is 0 Å². The summed E-state index contributed by atoms with van der Waals surface area (Å²) in [5.41, 5.74) is 8.34. The number of rotatable bonds is 3. The Kier molecular flexibility index (Phi) is 3.92. The average Bonchev–Trinajstić information content (AvgIpc) is 2.08. The molecule has 0 saturated heterocycles. The van der Waals surface area contributed by atoms with E-state index in [4.69, 9.17) is 17.3 Å². The van der Waals surface area contributed by atoms with E-state index in [-0.39, 0.29) is 12.3 Å². The lowest BCUT2D eigenvalue weighted by Crippen LogP contribution is -2.07. The van der Waals surface area contributed by atoms with Gasteiger partial charge in [0.2, 0.25) is 5.91 Å². The summed E-state index contributed by atoms with van der Waals surface area (Å²) in [6, 6.07) is 3.80. The van der Waals surface area contributed by atoms with Crippen molar-refractivity contribution in [2.24, 2.45) is 5.73 Å². The van der Waals surface area contributed by atoms with Crippen LogP contribution in [0.5, 0.6) is 0 Å². The molecule has 1 aromatic rings. The van der Waals surface area contributed by atoms with E-state index < -0.39 is 0 Å². The number of hydrogen-bond donors (Lipinski definition) is 1. The van der Waals surface area contributed by atoms with Crippen LogP contribution < -0.4 is 5.73 Å². The van der Waals surface area contributed by atoms with Gasteiger partial charge in [-0.1, -0.05) is 23.8 Å². The fourth-order valence-electron chi connectivity index (χ4n) is 1.48. The molecule has 3 heteroatoms. The molecule has 15 heavy (non-hydrogen) atoms. The van der Waals surface area contributed by atoms with Crippen molar-refractivity contribution in [3.8, 4) is 0 Å². The zero-order valence-electron chi connectivity index (χ0n) is 8.88. The van der Waals surface area contributed by atoms with Crippen LogP contribution in [0.3, 0.4) is 0 Å². The van der Waals surface area contributed by atoms with Crippen molar-refractivity contribution in [3.63, 3.8) is 0 Å². The van der Waals surface area contributed by atoms with Crippen LogP contribution in [-0.4, -0.2) is 5.91 Å². The largest absolute Gasteiger partial charge is 0.369 e. The highest BCUT2D eigenvalue weighted by atomic mass is 35.5. The highest BCUT2D eigenvalue weighted by molar-refractivity contribution is 6.30. The van der Waals surface area contributed by atoms with Gasteiger partial charge in [0.05, 0.1) is 0 Å². The van der Waals surface area contributed by atoms with E-state index in [0.29, 0.717) is 0 Å². The molecule has 1 amide bonds. The van der Waals surface area contributed by atoms with E-state index in [1.165, 1.54) is 0 Å². The lowest BCUT2D eigenvalue weighted by molar-refractivity contribution is -0.117. The molecule has 0 unspecified atom stereocenters. The van der Waals surface area contributed by atoms with Crippen LogP contribution in [0.25, 0.3) is 6.08 Å². The number of benzene rings is 1. The molecule has 0 bridgehead atoms. The van der Waals surface area contributed by atoms with Gasteiger partial charge in [-0.15, -0.1) is 0 Å². The number of nitrogens with two attached hydrogens (primary N) is 1. The Bertz CT molecular complexity index is 387. The van der Waals surface area contributed by atoms with Crippen molar-refractivity contribution < 1.29 is 4.79 Å². The van der Waals surface area contributed by atoms with E-state index in [9.17, 15) is 4.79 Å². The standard InChI is InChI=1S/C12H14ClNO/c1-8-6-10(13)7-9(2)11(8)4-3-5-12(14)15/h3-4,6-7H,5H2,1-2H3,(H2,14,15). The van der Waals surface area contributed by atoms with Gasteiger partial charge in [0.1, 0.15) is 0 Å². The summed E-state index contributed by atoms with van der Waals surface area (Å²) >= 11 is 5.91. The average molecular weight is 224 g/mol. The summed E-state index contributed by atoms with van der Waals surface area (Å²) < 4.78 is 0. The Morgan fingerprint density at radius 1 is 1.40 bits per heavy atom. The number of carbonyl (C=O) groups is 1. The molecular formula is C12H14ClNO. The molecule has 80 valence electrons. The predicted octanol–water partition coefficient (Wildman–Crippen LogP) is 2.85. The Morgan fingerprint density at radius 2 is 1.93 bits per heavy atom. The molecule has 2 nitrogen and oxygen atoms in total. The Morgan fingerprint density at radius 3 is 2.40 bits per heavy atom.